The molecular formula is C10H7Cl2F3. The first kappa shape index (κ1) is 12.4. The molecular weight excluding hydrogens is 248 g/mol. The minimum Gasteiger partial charge on any atom is -0.166 e. The van der Waals surface area contributed by atoms with Crippen molar-refractivity contribution in [3.05, 3.63) is 40.9 Å². The molecule has 0 aliphatic carbocycles. The van der Waals surface area contributed by atoms with E-state index in [-0.39, 0.29) is 10.9 Å². The summed E-state index contributed by atoms with van der Waals surface area (Å²) in [7, 11) is 0. The number of halogens is 5. The molecule has 0 N–H and O–H groups in total. The van der Waals surface area contributed by atoms with E-state index in [0.717, 1.165) is 6.07 Å². The Morgan fingerprint density at radius 3 is 2.33 bits per heavy atom. The molecule has 0 spiro atoms. The number of rotatable bonds is 2. The molecule has 0 nitrogen and oxygen atoms in total. The summed E-state index contributed by atoms with van der Waals surface area (Å²) in [6.07, 6.45) is -4.43. The number of hydrogen-bond acceptors (Lipinski definition) is 0. The molecule has 1 aromatic rings. The molecule has 0 radical (unpaired) electrons. The minimum atomic E-state index is -4.43. The molecule has 0 fully saturated rings. The van der Waals surface area contributed by atoms with Crippen molar-refractivity contribution in [2.24, 2.45) is 0 Å². The minimum absolute atomic E-state index is 0.154. The second-order valence-corrected chi connectivity index (χ2v) is 3.60. The fourth-order valence-electron chi connectivity index (χ4n) is 1.04. The van der Waals surface area contributed by atoms with Crippen LogP contribution in [0.4, 0.5) is 13.2 Å². The largest absolute Gasteiger partial charge is 0.417 e. The van der Waals surface area contributed by atoms with E-state index in [1.165, 1.54) is 12.1 Å². The summed E-state index contributed by atoms with van der Waals surface area (Å²) in [4.78, 5) is 0. The first-order valence-electron chi connectivity index (χ1n) is 3.97. The molecule has 0 bridgehead atoms. The van der Waals surface area contributed by atoms with E-state index >= 15 is 0 Å². The van der Waals surface area contributed by atoms with Crippen LogP contribution in [0.2, 0.25) is 5.02 Å². The van der Waals surface area contributed by atoms with Gasteiger partial charge in [0.25, 0.3) is 0 Å². The Kier molecular flexibility index (Phi) is 3.68. The number of hydrogen-bond donors (Lipinski definition) is 0. The van der Waals surface area contributed by atoms with Gasteiger partial charge in [0.2, 0.25) is 0 Å². The Morgan fingerprint density at radius 2 is 1.93 bits per heavy atom. The summed E-state index contributed by atoms with van der Waals surface area (Å²) < 4.78 is 37.0. The first-order chi connectivity index (χ1) is 6.86. The average Bonchev–Trinajstić information content (AvgIpc) is 2.14. The summed E-state index contributed by atoms with van der Waals surface area (Å²) in [6.45, 7) is 3.60. The Labute approximate surface area is 95.3 Å². The monoisotopic (exact) mass is 254 g/mol. The third kappa shape index (κ3) is 2.89. The molecule has 1 aromatic carbocycles. The highest BCUT2D eigenvalue weighted by Gasteiger charge is 2.32. The predicted molar refractivity (Wildman–Crippen MR) is 56.2 cm³/mol. The summed E-state index contributed by atoms with van der Waals surface area (Å²) in [5.74, 6) is 0.154. The maximum absolute atomic E-state index is 12.3. The SMILES string of the molecule is C=C(CCl)c1ccc(C(F)(F)F)c(Cl)c1. The zero-order valence-electron chi connectivity index (χ0n) is 7.54. The van der Waals surface area contributed by atoms with Crippen molar-refractivity contribution < 1.29 is 13.2 Å². The van der Waals surface area contributed by atoms with Gasteiger partial charge in [-0.3, -0.25) is 0 Å². The fraction of sp³-hybridized carbons (Fsp3) is 0.200. The predicted octanol–water partition coefficient (Wildman–Crippen LogP) is 4.61. The molecule has 5 heteroatoms. The summed E-state index contributed by atoms with van der Waals surface area (Å²) in [5, 5.41) is -0.341. The van der Waals surface area contributed by atoms with Crippen molar-refractivity contribution in [2.45, 2.75) is 6.18 Å². The lowest BCUT2D eigenvalue weighted by Gasteiger charge is -2.10. The molecule has 0 saturated carbocycles. The molecule has 0 aromatic heterocycles. The van der Waals surface area contributed by atoms with Gasteiger partial charge in [-0.15, -0.1) is 11.6 Å². The Bertz CT molecular complexity index is 383. The van der Waals surface area contributed by atoms with Crippen LogP contribution in [0, 0.1) is 0 Å². The third-order valence-electron chi connectivity index (χ3n) is 1.84. The average molecular weight is 255 g/mol. The van der Waals surface area contributed by atoms with Crippen LogP contribution in [0.15, 0.2) is 24.8 Å². The van der Waals surface area contributed by atoms with E-state index in [1.807, 2.05) is 0 Å². The van der Waals surface area contributed by atoms with Crippen LogP contribution in [0.25, 0.3) is 5.57 Å². The highest BCUT2D eigenvalue weighted by atomic mass is 35.5. The fourth-order valence-corrected chi connectivity index (χ4v) is 1.48. The second-order valence-electron chi connectivity index (χ2n) is 2.93. The van der Waals surface area contributed by atoms with E-state index in [4.69, 9.17) is 23.2 Å². The third-order valence-corrected chi connectivity index (χ3v) is 2.48. The first-order valence-corrected chi connectivity index (χ1v) is 4.88. The lowest BCUT2D eigenvalue weighted by atomic mass is 10.1. The molecule has 0 heterocycles. The van der Waals surface area contributed by atoms with E-state index in [9.17, 15) is 13.2 Å². The van der Waals surface area contributed by atoms with Crippen LogP contribution < -0.4 is 0 Å². The summed E-state index contributed by atoms with van der Waals surface area (Å²) >= 11 is 11.0. The van der Waals surface area contributed by atoms with Crippen LogP contribution in [-0.2, 0) is 6.18 Å². The molecule has 0 atom stereocenters. The van der Waals surface area contributed by atoms with Gasteiger partial charge < -0.3 is 0 Å². The molecule has 1 rings (SSSR count). The zero-order valence-corrected chi connectivity index (χ0v) is 9.05. The molecule has 0 aliphatic heterocycles. The summed E-state index contributed by atoms with van der Waals surface area (Å²) in [5.41, 5.74) is 0.200. The van der Waals surface area contributed by atoms with Crippen molar-refractivity contribution in [2.75, 3.05) is 5.88 Å². The van der Waals surface area contributed by atoms with Gasteiger partial charge in [-0.25, -0.2) is 0 Å². The Morgan fingerprint density at radius 1 is 1.33 bits per heavy atom. The van der Waals surface area contributed by atoms with E-state index in [0.29, 0.717) is 11.1 Å². The number of alkyl halides is 4. The van der Waals surface area contributed by atoms with E-state index < -0.39 is 11.7 Å². The van der Waals surface area contributed by atoms with Gasteiger partial charge in [0.15, 0.2) is 0 Å². The molecule has 15 heavy (non-hydrogen) atoms. The van der Waals surface area contributed by atoms with Gasteiger partial charge >= 0.3 is 6.18 Å². The maximum Gasteiger partial charge on any atom is 0.417 e. The summed E-state index contributed by atoms with van der Waals surface area (Å²) in [6, 6.07) is 3.45. The lowest BCUT2D eigenvalue weighted by Crippen LogP contribution is -2.05. The van der Waals surface area contributed by atoms with E-state index in [2.05, 4.69) is 6.58 Å². The Balaban J connectivity index is 3.15. The normalized spacial score (nSPS) is 11.5. The van der Waals surface area contributed by atoms with Crippen molar-refractivity contribution in [1.29, 1.82) is 0 Å². The van der Waals surface area contributed by atoms with Crippen molar-refractivity contribution >= 4 is 28.8 Å². The van der Waals surface area contributed by atoms with E-state index in [1.54, 1.807) is 0 Å². The maximum atomic E-state index is 12.3. The van der Waals surface area contributed by atoms with Gasteiger partial charge in [-0.05, 0) is 23.3 Å². The molecule has 82 valence electrons. The second kappa shape index (κ2) is 4.45. The topological polar surface area (TPSA) is 0 Å². The van der Waals surface area contributed by atoms with Gasteiger partial charge in [0, 0.05) is 5.88 Å². The highest BCUT2D eigenvalue weighted by Crippen LogP contribution is 2.35. The zero-order chi connectivity index (χ0) is 11.6. The van der Waals surface area contributed by atoms with Crippen LogP contribution in [0.5, 0.6) is 0 Å². The highest BCUT2D eigenvalue weighted by molar-refractivity contribution is 6.31. The molecule has 0 saturated heterocycles. The van der Waals surface area contributed by atoms with Gasteiger partial charge in [0.1, 0.15) is 0 Å². The van der Waals surface area contributed by atoms with Crippen LogP contribution in [0.1, 0.15) is 11.1 Å². The van der Waals surface area contributed by atoms with Crippen molar-refractivity contribution in [3.63, 3.8) is 0 Å². The molecule has 0 unspecified atom stereocenters. The standard InChI is InChI=1S/C10H7Cl2F3/c1-6(5-11)7-2-3-8(9(12)4-7)10(13,14)15/h2-4H,1,5H2. The van der Waals surface area contributed by atoms with Crippen LogP contribution >= 0.6 is 23.2 Å². The van der Waals surface area contributed by atoms with Crippen molar-refractivity contribution in [1.82, 2.24) is 0 Å². The smallest absolute Gasteiger partial charge is 0.166 e. The van der Waals surface area contributed by atoms with Crippen molar-refractivity contribution in [3.8, 4) is 0 Å². The number of benzene rings is 1. The number of allylic oxidation sites excluding steroid dienone is 1. The van der Waals surface area contributed by atoms with Crippen LogP contribution in [0.3, 0.4) is 0 Å². The van der Waals surface area contributed by atoms with Gasteiger partial charge in [-0.2, -0.15) is 13.2 Å². The quantitative estimate of drug-likeness (QED) is 0.677. The lowest BCUT2D eigenvalue weighted by molar-refractivity contribution is -0.137. The van der Waals surface area contributed by atoms with Crippen LogP contribution in [-0.4, -0.2) is 5.88 Å². The van der Waals surface area contributed by atoms with Gasteiger partial charge in [-0.1, -0.05) is 24.2 Å². The van der Waals surface area contributed by atoms with Gasteiger partial charge in [0.05, 0.1) is 10.6 Å². The molecule has 0 amide bonds. The molecule has 0 aliphatic rings. The Hall–Kier alpha value is -0.670.